The Morgan fingerprint density at radius 3 is 2.79 bits per heavy atom. The molecule has 0 aliphatic heterocycles. The van der Waals surface area contributed by atoms with E-state index in [0.717, 1.165) is 42.8 Å². The van der Waals surface area contributed by atoms with Crippen LogP contribution in [-0.2, 0) is 17.9 Å². The van der Waals surface area contributed by atoms with Gasteiger partial charge in [0.25, 0.3) is 0 Å². The van der Waals surface area contributed by atoms with Crippen molar-refractivity contribution >= 4 is 5.96 Å². The second-order valence-electron chi connectivity index (χ2n) is 7.12. The number of pyridine rings is 1. The number of guanidine groups is 1. The third-order valence-corrected chi connectivity index (χ3v) is 4.67. The van der Waals surface area contributed by atoms with E-state index in [1.54, 1.807) is 13.2 Å². The molecule has 0 atom stereocenters. The van der Waals surface area contributed by atoms with Crippen LogP contribution in [-0.4, -0.2) is 49.7 Å². The highest BCUT2D eigenvalue weighted by Gasteiger charge is 2.21. The average Bonchev–Trinajstić information content (AvgIpc) is 3.56. The van der Waals surface area contributed by atoms with Crippen molar-refractivity contribution in [3.8, 4) is 5.88 Å². The highest BCUT2D eigenvalue weighted by atomic mass is 16.5. The fraction of sp³-hybridized carbons (Fsp3) is 0.455. The lowest BCUT2D eigenvalue weighted by molar-refractivity contribution is 0.115. The average molecular weight is 383 g/mol. The topological polar surface area (TPSA) is 59.0 Å². The number of aliphatic imine (C=N–C) groups is 1. The van der Waals surface area contributed by atoms with Crippen LogP contribution in [0.2, 0.25) is 0 Å². The van der Waals surface area contributed by atoms with E-state index in [1.807, 2.05) is 49.5 Å². The first-order chi connectivity index (χ1) is 13.7. The minimum atomic E-state index is 0.510. The number of nitrogens with one attached hydrogen (secondary N) is 1. The van der Waals surface area contributed by atoms with E-state index in [0.29, 0.717) is 19.0 Å². The number of hydrogen-bond acceptors (Lipinski definition) is 4. The Labute approximate surface area is 167 Å². The molecule has 150 valence electrons. The van der Waals surface area contributed by atoms with Gasteiger partial charge in [-0.15, -0.1) is 0 Å². The van der Waals surface area contributed by atoms with Gasteiger partial charge in [-0.25, -0.2) is 4.98 Å². The van der Waals surface area contributed by atoms with Gasteiger partial charge in [-0.05, 0) is 36.0 Å². The van der Waals surface area contributed by atoms with Gasteiger partial charge in [0.1, 0.15) is 6.61 Å². The van der Waals surface area contributed by atoms with Crippen LogP contribution in [0.5, 0.6) is 5.88 Å². The zero-order chi connectivity index (χ0) is 19.6. The van der Waals surface area contributed by atoms with Crippen molar-refractivity contribution in [1.29, 1.82) is 0 Å². The summed E-state index contributed by atoms with van der Waals surface area (Å²) in [7, 11) is 3.82. The third-order valence-electron chi connectivity index (χ3n) is 4.67. The second kappa shape index (κ2) is 10.7. The molecule has 2 aromatic rings. The van der Waals surface area contributed by atoms with E-state index in [4.69, 9.17) is 9.47 Å². The monoisotopic (exact) mass is 382 g/mol. The molecule has 28 heavy (non-hydrogen) atoms. The highest BCUT2D eigenvalue weighted by molar-refractivity contribution is 5.79. The van der Waals surface area contributed by atoms with Crippen LogP contribution < -0.4 is 10.1 Å². The molecule has 6 heteroatoms. The largest absolute Gasteiger partial charge is 0.473 e. The second-order valence-corrected chi connectivity index (χ2v) is 7.12. The predicted molar refractivity (Wildman–Crippen MR) is 111 cm³/mol. The van der Waals surface area contributed by atoms with Gasteiger partial charge in [0.05, 0.1) is 6.61 Å². The SMILES string of the molecule is CN=C(NCc1ccnc(OCc2ccccc2)c1)N(C)CCOCC1CC1. The lowest BCUT2D eigenvalue weighted by Crippen LogP contribution is -2.40. The summed E-state index contributed by atoms with van der Waals surface area (Å²) in [6.45, 7) is 3.59. The first-order valence-corrected chi connectivity index (χ1v) is 9.86. The Kier molecular flexibility index (Phi) is 7.67. The van der Waals surface area contributed by atoms with E-state index in [1.165, 1.54) is 12.8 Å². The smallest absolute Gasteiger partial charge is 0.213 e. The van der Waals surface area contributed by atoms with Gasteiger partial charge in [0.2, 0.25) is 5.88 Å². The summed E-state index contributed by atoms with van der Waals surface area (Å²) < 4.78 is 11.5. The Balaban J connectivity index is 1.43. The first-order valence-electron chi connectivity index (χ1n) is 9.86. The molecular weight excluding hydrogens is 352 g/mol. The molecule has 0 saturated heterocycles. The Bertz CT molecular complexity index is 747. The highest BCUT2D eigenvalue weighted by Crippen LogP contribution is 2.28. The van der Waals surface area contributed by atoms with Gasteiger partial charge >= 0.3 is 0 Å². The van der Waals surface area contributed by atoms with Gasteiger partial charge in [0, 0.05) is 46.1 Å². The fourth-order valence-electron chi connectivity index (χ4n) is 2.78. The lowest BCUT2D eigenvalue weighted by atomic mass is 10.2. The Hall–Kier alpha value is -2.60. The van der Waals surface area contributed by atoms with E-state index in [-0.39, 0.29) is 0 Å². The van der Waals surface area contributed by atoms with Gasteiger partial charge < -0.3 is 19.7 Å². The van der Waals surface area contributed by atoms with E-state index < -0.39 is 0 Å². The van der Waals surface area contributed by atoms with Crippen LogP contribution in [0.25, 0.3) is 0 Å². The molecule has 3 rings (SSSR count). The van der Waals surface area contributed by atoms with Crippen molar-refractivity contribution in [3.63, 3.8) is 0 Å². The van der Waals surface area contributed by atoms with E-state index >= 15 is 0 Å². The van der Waals surface area contributed by atoms with E-state index in [2.05, 4.69) is 20.2 Å². The van der Waals surface area contributed by atoms with Gasteiger partial charge in [0.15, 0.2) is 5.96 Å². The summed E-state index contributed by atoms with van der Waals surface area (Å²) in [6, 6.07) is 14.0. The van der Waals surface area contributed by atoms with Crippen molar-refractivity contribution in [2.45, 2.75) is 26.0 Å². The molecule has 1 aromatic heterocycles. The Morgan fingerprint density at radius 2 is 2.04 bits per heavy atom. The minimum Gasteiger partial charge on any atom is -0.473 e. The maximum absolute atomic E-state index is 5.81. The molecule has 0 radical (unpaired) electrons. The lowest BCUT2D eigenvalue weighted by Gasteiger charge is -2.22. The zero-order valence-corrected chi connectivity index (χ0v) is 16.8. The summed E-state index contributed by atoms with van der Waals surface area (Å²) in [5.41, 5.74) is 2.22. The van der Waals surface area contributed by atoms with Crippen LogP contribution >= 0.6 is 0 Å². The zero-order valence-electron chi connectivity index (χ0n) is 16.8. The molecule has 6 nitrogen and oxygen atoms in total. The van der Waals surface area contributed by atoms with Crippen molar-refractivity contribution < 1.29 is 9.47 Å². The molecule has 0 spiro atoms. The molecule has 0 unspecified atom stereocenters. The number of ether oxygens (including phenoxy) is 2. The summed E-state index contributed by atoms with van der Waals surface area (Å²) in [5.74, 6) is 2.27. The standard InChI is InChI=1S/C22H30N4O2/c1-23-22(26(2)12-13-27-16-19-8-9-19)25-15-20-10-11-24-21(14-20)28-17-18-6-4-3-5-7-18/h3-7,10-11,14,19H,8-9,12-13,15-17H2,1-2H3,(H,23,25). The van der Waals surface area contributed by atoms with Crippen molar-refractivity contribution in [3.05, 3.63) is 59.8 Å². The number of rotatable bonds is 10. The summed E-state index contributed by atoms with van der Waals surface area (Å²) in [5, 5.41) is 3.39. The molecule has 0 amide bonds. The van der Waals surface area contributed by atoms with Crippen molar-refractivity contribution in [2.24, 2.45) is 10.9 Å². The number of likely N-dealkylation sites (N-methyl/N-ethyl adjacent to an activating group) is 1. The Morgan fingerprint density at radius 1 is 1.21 bits per heavy atom. The minimum absolute atomic E-state index is 0.510. The summed E-state index contributed by atoms with van der Waals surface area (Å²) in [4.78, 5) is 10.7. The predicted octanol–water partition coefficient (Wildman–Crippen LogP) is 3.09. The molecule has 1 aromatic carbocycles. The van der Waals surface area contributed by atoms with Crippen LogP contribution in [0.1, 0.15) is 24.0 Å². The number of benzene rings is 1. The van der Waals surface area contributed by atoms with Gasteiger partial charge in [-0.1, -0.05) is 30.3 Å². The van der Waals surface area contributed by atoms with Crippen LogP contribution in [0, 0.1) is 5.92 Å². The fourth-order valence-corrected chi connectivity index (χ4v) is 2.78. The number of nitrogens with zero attached hydrogens (tertiary/aromatic N) is 3. The van der Waals surface area contributed by atoms with Crippen LogP contribution in [0.15, 0.2) is 53.7 Å². The van der Waals surface area contributed by atoms with Gasteiger partial charge in [-0.3, -0.25) is 4.99 Å². The molecule has 1 N–H and O–H groups in total. The quantitative estimate of drug-likeness (QED) is 0.389. The summed E-state index contributed by atoms with van der Waals surface area (Å²) in [6.07, 6.45) is 4.42. The molecule has 1 heterocycles. The summed E-state index contributed by atoms with van der Waals surface area (Å²) >= 11 is 0. The number of aromatic nitrogens is 1. The van der Waals surface area contributed by atoms with E-state index in [9.17, 15) is 0 Å². The maximum atomic E-state index is 5.81. The molecule has 1 saturated carbocycles. The normalized spacial score (nSPS) is 14.0. The van der Waals surface area contributed by atoms with Gasteiger partial charge in [-0.2, -0.15) is 0 Å². The molecule has 1 aliphatic rings. The molecule has 1 fully saturated rings. The van der Waals surface area contributed by atoms with Crippen LogP contribution in [0.4, 0.5) is 0 Å². The molecular formula is C22H30N4O2. The third kappa shape index (κ3) is 6.85. The maximum Gasteiger partial charge on any atom is 0.213 e. The molecule has 1 aliphatic carbocycles. The first kappa shape index (κ1) is 20.1. The molecule has 0 bridgehead atoms. The van der Waals surface area contributed by atoms with Crippen LogP contribution in [0.3, 0.4) is 0 Å². The van der Waals surface area contributed by atoms with Crippen molar-refractivity contribution in [1.82, 2.24) is 15.2 Å². The van der Waals surface area contributed by atoms with Crippen molar-refractivity contribution in [2.75, 3.05) is 33.9 Å². The number of hydrogen-bond donors (Lipinski definition) is 1.